The van der Waals surface area contributed by atoms with Crippen molar-refractivity contribution in [3.63, 3.8) is 0 Å². The molecule has 4 heteroatoms. The maximum Gasteiger partial charge on any atom is 0.261 e. The fraction of sp³-hybridized carbons (Fsp3) is 0.500. The summed E-state index contributed by atoms with van der Waals surface area (Å²) in [6.07, 6.45) is 3.15. The van der Waals surface area contributed by atoms with Crippen molar-refractivity contribution in [1.29, 1.82) is 0 Å². The molecule has 2 unspecified atom stereocenters. The Kier molecular flexibility index (Phi) is 3.55. The first-order valence-corrected chi connectivity index (χ1v) is 7.72. The lowest BCUT2D eigenvalue weighted by atomic mass is 10.1. The van der Waals surface area contributed by atoms with Gasteiger partial charge in [0.2, 0.25) is 0 Å². The molecule has 1 fully saturated rings. The fourth-order valence-corrected chi connectivity index (χ4v) is 2.90. The SMILES string of the molecule is CCC(Cl)c1nc2ccccc2c(=O)n1C(C)C1CC1. The summed E-state index contributed by atoms with van der Waals surface area (Å²) < 4.78 is 1.83. The van der Waals surface area contributed by atoms with Crippen LogP contribution < -0.4 is 5.56 Å². The first-order valence-electron chi connectivity index (χ1n) is 7.28. The van der Waals surface area contributed by atoms with Crippen molar-refractivity contribution in [2.45, 2.75) is 44.5 Å². The molecule has 0 saturated heterocycles. The van der Waals surface area contributed by atoms with E-state index in [4.69, 9.17) is 11.6 Å². The van der Waals surface area contributed by atoms with E-state index in [1.54, 1.807) is 0 Å². The van der Waals surface area contributed by atoms with Crippen LogP contribution in [0.3, 0.4) is 0 Å². The van der Waals surface area contributed by atoms with Crippen LogP contribution >= 0.6 is 11.6 Å². The van der Waals surface area contributed by atoms with Gasteiger partial charge < -0.3 is 0 Å². The smallest absolute Gasteiger partial charge is 0.261 e. The van der Waals surface area contributed by atoms with E-state index in [2.05, 4.69) is 11.9 Å². The van der Waals surface area contributed by atoms with Crippen LogP contribution in [0.4, 0.5) is 0 Å². The van der Waals surface area contributed by atoms with Gasteiger partial charge in [-0.15, -0.1) is 11.6 Å². The molecule has 0 bridgehead atoms. The third-order valence-corrected chi connectivity index (χ3v) is 4.69. The van der Waals surface area contributed by atoms with E-state index in [1.165, 1.54) is 12.8 Å². The van der Waals surface area contributed by atoms with E-state index in [1.807, 2.05) is 35.8 Å². The minimum absolute atomic E-state index is 0.0455. The van der Waals surface area contributed by atoms with Gasteiger partial charge in [0.15, 0.2) is 0 Å². The summed E-state index contributed by atoms with van der Waals surface area (Å²) >= 11 is 6.42. The normalized spacial score (nSPS) is 18.1. The minimum atomic E-state index is -0.214. The molecular formula is C16H19ClN2O. The largest absolute Gasteiger partial charge is 0.292 e. The van der Waals surface area contributed by atoms with E-state index in [9.17, 15) is 4.79 Å². The number of para-hydroxylation sites is 1. The second-order valence-electron chi connectivity index (χ2n) is 5.62. The molecule has 1 saturated carbocycles. The molecule has 0 amide bonds. The van der Waals surface area contributed by atoms with E-state index < -0.39 is 0 Å². The highest BCUT2D eigenvalue weighted by Crippen LogP contribution is 2.40. The van der Waals surface area contributed by atoms with Gasteiger partial charge in [-0.2, -0.15) is 0 Å². The second-order valence-corrected chi connectivity index (χ2v) is 6.14. The molecule has 0 aliphatic heterocycles. The Labute approximate surface area is 123 Å². The Bertz CT molecular complexity index is 690. The summed E-state index contributed by atoms with van der Waals surface area (Å²) in [5.41, 5.74) is 0.787. The van der Waals surface area contributed by atoms with Gasteiger partial charge in [0.05, 0.1) is 16.3 Å². The number of alkyl halides is 1. The Morgan fingerprint density at radius 3 is 2.75 bits per heavy atom. The number of halogens is 1. The van der Waals surface area contributed by atoms with Gasteiger partial charge in [0, 0.05) is 6.04 Å². The van der Waals surface area contributed by atoms with Gasteiger partial charge in [0.1, 0.15) is 5.82 Å². The third-order valence-electron chi connectivity index (χ3n) is 4.19. The molecule has 0 N–H and O–H groups in total. The van der Waals surface area contributed by atoms with Crippen molar-refractivity contribution in [3.8, 4) is 0 Å². The average molecular weight is 291 g/mol. The number of hydrogen-bond acceptors (Lipinski definition) is 2. The Hall–Kier alpha value is -1.35. The van der Waals surface area contributed by atoms with Gasteiger partial charge in [0.25, 0.3) is 5.56 Å². The maximum absolute atomic E-state index is 12.8. The van der Waals surface area contributed by atoms with Crippen LogP contribution in [-0.4, -0.2) is 9.55 Å². The lowest BCUT2D eigenvalue weighted by Gasteiger charge is -2.21. The van der Waals surface area contributed by atoms with Crippen LogP contribution in [0.5, 0.6) is 0 Å². The second kappa shape index (κ2) is 5.21. The van der Waals surface area contributed by atoms with Crippen LogP contribution in [-0.2, 0) is 0 Å². The quantitative estimate of drug-likeness (QED) is 0.796. The predicted molar refractivity (Wildman–Crippen MR) is 82.3 cm³/mol. The zero-order chi connectivity index (χ0) is 14.3. The maximum atomic E-state index is 12.8. The van der Waals surface area contributed by atoms with Crippen molar-refractivity contribution in [3.05, 3.63) is 40.4 Å². The number of rotatable bonds is 4. The van der Waals surface area contributed by atoms with Crippen LogP contribution in [0.25, 0.3) is 10.9 Å². The lowest BCUT2D eigenvalue weighted by Crippen LogP contribution is -2.29. The Balaban J connectivity index is 2.27. The summed E-state index contributed by atoms with van der Waals surface area (Å²) in [5, 5.41) is 0.470. The van der Waals surface area contributed by atoms with Crippen LogP contribution in [0, 0.1) is 5.92 Å². The minimum Gasteiger partial charge on any atom is -0.292 e. The predicted octanol–water partition coefficient (Wildman–Crippen LogP) is 4.06. The number of aromatic nitrogens is 2. The number of fused-ring (bicyclic) bond motifs is 1. The highest BCUT2D eigenvalue weighted by atomic mass is 35.5. The molecule has 1 aliphatic carbocycles. The third kappa shape index (κ3) is 2.24. The molecule has 2 aromatic rings. The van der Waals surface area contributed by atoms with Crippen molar-refractivity contribution < 1.29 is 0 Å². The van der Waals surface area contributed by atoms with Gasteiger partial charge >= 0.3 is 0 Å². The zero-order valence-electron chi connectivity index (χ0n) is 11.8. The van der Waals surface area contributed by atoms with Crippen LogP contribution in [0.1, 0.15) is 50.4 Å². The van der Waals surface area contributed by atoms with Crippen molar-refractivity contribution in [1.82, 2.24) is 9.55 Å². The van der Waals surface area contributed by atoms with Crippen molar-refractivity contribution in [2.75, 3.05) is 0 Å². The molecule has 20 heavy (non-hydrogen) atoms. The van der Waals surface area contributed by atoms with E-state index in [-0.39, 0.29) is 17.0 Å². The molecule has 3 nitrogen and oxygen atoms in total. The number of hydrogen-bond donors (Lipinski definition) is 0. The Morgan fingerprint density at radius 2 is 2.10 bits per heavy atom. The molecule has 1 aromatic carbocycles. The highest BCUT2D eigenvalue weighted by Gasteiger charge is 2.32. The lowest BCUT2D eigenvalue weighted by molar-refractivity contribution is 0.445. The van der Waals surface area contributed by atoms with E-state index >= 15 is 0 Å². The zero-order valence-corrected chi connectivity index (χ0v) is 12.6. The average Bonchev–Trinajstić information content (AvgIpc) is 3.30. The fourth-order valence-electron chi connectivity index (χ4n) is 2.75. The molecule has 0 spiro atoms. The van der Waals surface area contributed by atoms with Gasteiger partial charge in [-0.1, -0.05) is 19.1 Å². The van der Waals surface area contributed by atoms with E-state index in [0.29, 0.717) is 11.3 Å². The summed E-state index contributed by atoms with van der Waals surface area (Å²) in [5.74, 6) is 1.31. The van der Waals surface area contributed by atoms with Crippen LogP contribution in [0.15, 0.2) is 29.1 Å². The number of benzene rings is 1. The molecular weight excluding hydrogens is 272 g/mol. The van der Waals surface area contributed by atoms with Crippen molar-refractivity contribution >= 4 is 22.5 Å². The molecule has 1 heterocycles. The first kappa shape index (κ1) is 13.6. The summed E-state index contributed by atoms with van der Waals surface area (Å²) in [6, 6.07) is 7.70. The number of nitrogens with zero attached hydrogens (tertiary/aromatic N) is 2. The topological polar surface area (TPSA) is 34.9 Å². The molecule has 3 rings (SSSR count). The van der Waals surface area contributed by atoms with Gasteiger partial charge in [-0.05, 0) is 44.2 Å². The molecule has 106 valence electrons. The standard InChI is InChI=1S/C16H19ClN2O/c1-3-13(17)15-18-14-7-5-4-6-12(14)16(20)19(15)10(2)11-8-9-11/h4-7,10-11,13H,3,8-9H2,1-2H3. The summed E-state index contributed by atoms with van der Waals surface area (Å²) in [4.78, 5) is 17.5. The molecule has 2 atom stereocenters. The Morgan fingerprint density at radius 1 is 1.40 bits per heavy atom. The van der Waals surface area contributed by atoms with Crippen molar-refractivity contribution in [2.24, 2.45) is 5.92 Å². The highest BCUT2D eigenvalue weighted by molar-refractivity contribution is 6.20. The summed E-state index contributed by atoms with van der Waals surface area (Å²) in [7, 11) is 0. The van der Waals surface area contributed by atoms with Gasteiger partial charge in [-0.25, -0.2) is 4.98 Å². The first-order chi connectivity index (χ1) is 9.63. The molecule has 1 aliphatic rings. The molecule has 0 radical (unpaired) electrons. The van der Waals surface area contributed by atoms with Crippen LogP contribution in [0.2, 0.25) is 0 Å². The van der Waals surface area contributed by atoms with E-state index in [0.717, 1.165) is 17.8 Å². The monoisotopic (exact) mass is 290 g/mol. The van der Waals surface area contributed by atoms with Gasteiger partial charge in [-0.3, -0.25) is 9.36 Å². The molecule has 1 aromatic heterocycles. The summed E-state index contributed by atoms with van der Waals surface area (Å²) in [6.45, 7) is 4.13.